The predicted molar refractivity (Wildman–Crippen MR) is 130 cm³/mol. The molecule has 0 saturated heterocycles. The lowest BCUT2D eigenvalue weighted by Crippen LogP contribution is -2.37. The van der Waals surface area contributed by atoms with Gasteiger partial charge in [0.2, 0.25) is 0 Å². The van der Waals surface area contributed by atoms with Crippen molar-refractivity contribution in [2.24, 2.45) is 0 Å². The van der Waals surface area contributed by atoms with E-state index in [9.17, 15) is 4.79 Å². The lowest BCUT2D eigenvalue weighted by atomic mass is 10.0. The molecule has 3 aromatic rings. The molecule has 1 amide bonds. The van der Waals surface area contributed by atoms with Crippen LogP contribution in [-0.2, 0) is 6.42 Å². The second kappa shape index (κ2) is 9.21. The van der Waals surface area contributed by atoms with Crippen LogP contribution in [0.4, 0.5) is 11.4 Å². The molecule has 1 heterocycles. The smallest absolute Gasteiger partial charge is 0.251 e. The van der Waals surface area contributed by atoms with Gasteiger partial charge in [0.15, 0.2) is 0 Å². The van der Waals surface area contributed by atoms with Crippen molar-refractivity contribution in [2.45, 2.75) is 12.5 Å². The summed E-state index contributed by atoms with van der Waals surface area (Å²) in [6, 6.07) is 22.0. The van der Waals surface area contributed by atoms with E-state index in [0.29, 0.717) is 22.2 Å². The van der Waals surface area contributed by atoms with Crippen molar-refractivity contribution in [3.63, 3.8) is 0 Å². The second-order valence-corrected chi connectivity index (χ2v) is 8.73. The molecule has 0 aromatic heterocycles. The van der Waals surface area contributed by atoms with Gasteiger partial charge in [-0.2, -0.15) is 0 Å². The molecule has 3 aromatic carbocycles. The summed E-state index contributed by atoms with van der Waals surface area (Å²) in [4.78, 5) is 17.3. The van der Waals surface area contributed by atoms with E-state index in [1.807, 2.05) is 14.1 Å². The third-order valence-corrected chi connectivity index (χ3v) is 6.47. The molecule has 0 bridgehead atoms. The Balaban J connectivity index is 1.59. The van der Waals surface area contributed by atoms with Crippen LogP contribution in [0.5, 0.6) is 0 Å². The summed E-state index contributed by atoms with van der Waals surface area (Å²) in [6.45, 7) is 1.40. The third kappa shape index (κ3) is 4.65. The number of nitrogens with zero attached hydrogens (tertiary/aromatic N) is 2. The number of benzene rings is 3. The van der Waals surface area contributed by atoms with Crippen LogP contribution in [0.3, 0.4) is 0 Å². The van der Waals surface area contributed by atoms with Crippen LogP contribution in [0.25, 0.3) is 0 Å². The Hall–Kier alpha value is -2.69. The SMILES string of the molecule is CN(C)c1ccc(C(CNC(=O)c2ccc(Cl)c(Cl)c2)N2CCc3ccccc32)cc1. The van der Waals surface area contributed by atoms with E-state index < -0.39 is 0 Å². The molecule has 4 nitrogen and oxygen atoms in total. The van der Waals surface area contributed by atoms with Gasteiger partial charge >= 0.3 is 0 Å². The maximum absolute atomic E-state index is 12.8. The van der Waals surface area contributed by atoms with Gasteiger partial charge in [0.05, 0.1) is 16.1 Å². The van der Waals surface area contributed by atoms with Crippen molar-refractivity contribution in [2.75, 3.05) is 37.0 Å². The van der Waals surface area contributed by atoms with Gasteiger partial charge in [0.25, 0.3) is 5.91 Å². The number of amides is 1. The average Bonchev–Trinajstić information content (AvgIpc) is 3.20. The molecule has 1 N–H and O–H groups in total. The molecule has 160 valence electrons. The van der Waals surface area contributed by atoms with E-state index in [2.05, 4.69) is 63.6 Å². The lowest BCUT2D eigenvalue weighted by molar-refractivity contribution is 0.0951. The molecule has 4 rings (SSSR count). The molecule has 0 fully saturated rings. The van der Waals surface area contributed by atoms with Crippen LogP contribution < -0.4 is 15.1 Å². The first-order valence-corrected chi connectivity index (χ1v) is 11.0. The van der Waals surface area contributed by atoms with E-state index in [1.54, 1.807) is 18.2 Å². The Kier molecular flexibility index (Phi) is 6.40. The number of carbonyl (C=O) groups is 1. The first-order valence-electron chi connectivity index (χ1n) is 10.3. The molecule has 1 unspecified atom stereocenters. The van der Waals surface area contributed by atoms with Crippen molar-refractivity contribution >= 4 is 40.5 Å². The molecule has 0 aliphatic carbocycles. The third-order valence-electron chi connectivity index (χ3n) is 5.73. The van der Waals surface area contributed by atoms with Crippen molar-refractivity contribution < 1.29 is 4.79 Å². The van der Waals surface area contributed by atoms with E-state index in [1.165, 1.54) is 11.3 Å². The van der Waals surface area contributed by atoms with Crippen molar-refractivity contribution in [3.8, 4) is 0 Å². The maximum Gasteiger partial charge on any atom is 0.251 e. The summed E-state index contributed by atoms with van der Waals surface area (Å²) in [6.07, 6.45) is 1.00. The monoisotopic (exact) mass is 453 g/mol. The zero-order valence-electron chi connectivity index (χ0n) is 17.6. The Labute approximate surface area is 193 Å². The maximum atomic E-state index is 12.8. The molecule has 0 saturated carbocycles. The number of anilines is 2. The minimum atomic E-state index is -0.166. The fourth-order valence-electron chi connectivity index (χ4n) is 4.02. The Morgan fingerprint density at radius 3 is 2.48 bits per heavy atom. The van der Waals surface area contributed by atoms with E-state index in [-0.39, 0.29) is 11.9 Å². The largest absolute Gasteiger partial charge is 0.378 e. The number of hydrogen-bond donors (Lipinski definition) is 1. The molecule has 0 spiro atoms. The summed E-state index contributed by atoms with van der Waals surface area (Å²) in [5.41, 5.74) is 5.38. The Bertz CT molecular complexity index is 1080. The molecule has 1 aliphatic heterocycles. The summed E-state index contributed by atoms with van der Waals surface area (Å²) in [5.74, 6) is -0.166. The standard InChI is InChI=1S/C25H25Cl2N3O/c1-29(2)20-10-7-18(8-11-20)24(30-14-13-17-5-3-4-6-23(17)30)16-28-25(31)19-9-12-21(26)22(27)15-19/h3-12,15,24H,13-14,16H2,1-2H3,(H,28,31). The number of nitrogens with one attached hydrogen (secondary N) is 1. The number of carbonyl (C=O) groups excluding carboxylic acids is 1. The first kappa shape index (κ1) is 21.5. The van der Waals surface area contributed by atoms with Crippen molar-refractivity contribution in [1.29, 1.82) is 0 Å². The molecule has 31 heavy (non-hydrogen) atoms. The lowest BCUT2D eigenvalue weighted by Gasteiger charge is -2.31. The van der Waals surface area contributed by atoms with Crippen LogP contribution in [0.15, 0.2) is 66.7 Å². The van der Waals surface area contributed by atoms with Gasteiger partial charge in [-0.05, 0) is 53.9 Å². The molecule has 1 atom stereocenters. The van der Waals surface area contributed by atoms with Crippen LogP contribution in [0, 0.1) is 0 Å². The summed E-state index contributed by atoms with van der Waals surface area (Å²) >= 11 is 12.1. The summed E-state index contributed by atoms with van der Waals surface area (Å²) < 4.78 is 0. The normalized spacial score (nSPS) is 13.6. The van der Waals surface area contributed by atoms with Gasteiger partial charge in [-0.25, -0.2) is 0 Å². The van der Waals surface area contributed by atoms with E-state index in [4.69, 9.17) is 23.2 Å². The Morgan fingerprint density at radius 2 is 1.77 bits per heavy atom. The number of fused-ring (bicyclic) bond motifs is 1. The predicted octanol–water partition coefficient (Wildman–Crippen LogP) is 5.59. The highest BCUT2D eigenvalue weighted by Crippen LogP contribution is 2.35. The average molecular weight is 454 g/mol. The van der Waals surface area contributed by atoms with Crippen LogP contribution in [-0.4, -0.2) is 33.1 Å². The first-order chi connectivity index (χ1) is 14.9. The minimum absolute atomic E-state index is 0.0200. The van der Waals surface area contributed by atoms with Crippen molar-refractivity contribution in [1.82, 2.24) is 5.32 Å². The molecular formula is C25H25Cl2N3O. The number of para-hydroxylation sites is 1. The molecule has 6 heteroatoms. The van der Waals surface area contributed by atoms with Gasteiger partial charge in [0, 0.05) is 44.1 Å². The van der Waals surface area contributed by atoms with Crippen LogP contribution in [0.2, 0.25) is 10.0 Å². The summed E-state index contributed by atoms with van der Waals surface area (Å²) in [7, 11) is 4.06. The van der Waals surface area contributed by atoms with Gasteiger partial charge in [0.1, 0.15) is 0 Å². The number of rotatable bonds is 6. The van der Waals surface area contributed by atoms with E-state index in [0.717, 1.165) is 24.2 Å². The molecular weight excluding hydrogens is 429 g/mol. The molecule has 1 aliphatic rings. The van der Waals surface area contributed by atoms with Crippen molar-refractivity contribution in [3.05, 3.63) is 93.5 Å². The Morgan fingerprint density at radius 1 is 1.03 bits per heavy atom. The highest BCUT2D eigenvalue weighted by molar-refractivity contribution is 6.42. The highest BCUT2D eigenvalue weighted by atomic mass is 35.5. The van der Waals surface area contributed by atoms with Gasteiger partial charge in [-0.15, -0.1) is 0 Å². The minimum Gasteiger partial charge on any atom is -0.378 e. The number of hydrogen-bond acceptors (Lipinski definition) is 3. The van der Waals surface area contributed by atoms with Gasteiger partial charge < -0.3 is 15.1 Å². The number of halogens is 2. The quantitative estimate of drug-likeness (QED) is 0.527. The summed E-state index contributed by atoms with van der Waals surface area (Å²) in [5, 5.41) is 3.91. The van der Waals surface area contributed by atoms with Crippen LogP contribution in [0.1, 0.15) is 27.5 Å². The second-order valence-electron chi connectivity index (χ2n) is 7.91. The van der Waals surface area contributed by atoms with Crippen LogP contribution >= 0.6 is 23.2 Å². The zero-order valence-corrected chi connectivity index (χ0v) is 19.1. The zero-order chi connectivity index (χ0) is 22.0. The van der Waals surface area contributed by atoms with Gasteiger partial charge in [-0.1, -0.05) is 53.5 Å². The van der Waals surface area contributed by atoms with E-state index >= 15 is 0 Å². The van der Waals surface area contributed by atoms with Gasteiger partial charge in [-0.3, -0.25) is 4.79 Å². The highest BCUT2D eigenvalue weighted by Gasteiger charge is 2.27. The fourth-order valence-corrected chi connectivity index (χ4v) is 4.32. The fraction of sp³-hybridized carbons (Fsp3) is 0.240. The topological polar surface area (TPSA) is 35.6 Å². The molecule has 0 radical (unpaired) electrons.